The van der Waals surface area contributed by atoms with E-state index in [1.807, 2.05) is 29.9 Å². The van der Waals surface area contributed by atoms with Crippen LogP contribution in [0.5, 0.6) is 0 Å². The molecule has 23 heavy (non-hydrogen) atoms. The highest BCUT2D eigenvalue weighted by molar-refractivity contribution is 9.10. The van der Waals surface area contributed by atoms with Gasteiger partial charge in [-0.05, 0) is 38.1 Å². The van der Waals surface area contributed by atoms with Crippen LogP contribution in [0.2, 0.25) is 0 Å². The molecule has 2 aromatic heterocycles. The normalized spacial score (nSPS) is 12.4. The molecule has 6 heteroatoms. The first kappa shape index (κ1) is 16.4. The van der Waals surface area contributed by atoms with Gasteiger partial charge in [-0.1, -0.05) is 28.1 Å². The predicted octanol–water partition coefficient (Wildman–Crippen LogP) is 5.15. The van der Waals surface area contributed by atoms with Gasteiger partial charge in [-0.25, -0.2) is 4.68 Å². The summed E-state index contributed by atoms with van der Waals surface area (Å²) in [6.45, 7) is 4.88. The molecule has 0 fully saturated rings. The average Bonchev–Trinajstić information content (AvgIpc) is 3.13. The largest absolute Gasteiger partial charge is 0.258 e. The van der Waals surface area contributed by atoms with Crippen molar-refractivity contribution in [1.29, 1.82) is 0 Å². The quantitative estimate of drug-likeness (QED) is 0.537. The van der Waals surface area contributed by atoms with Crippen molar-refractivity contribution in [2.24, 2.45) is 10.1 Å². The number of hydrogen-bond donors (Lipinski definition) is 0. The van der Waals surface area contributed by atoms with Crippen LogP contribution in [0.3, 0.4) is 0 Å². The van der Waals surface area contributed by atoms with Crippen molar-refractivity contribution in [3.8, 4) is 11.3 Å². The molecule has 3 rings (SSSR count). The molecule has 0 aliphatic carbocycles. The van der Waals surface area contributed by atoms with Crippen LogP contribution < -0.4 is 4.80 Å². The number of thiophene rings is 1. The summed E-state index contributed by atoms with van der Waals surface area (Å²) >= 11 is 6.83. The Bertz CT molecular complexity index is 885. The summed E-state index contributed by atoms with van der Waals surface area (Å²) in [4.78, 5) is 7.89. The monoisotopic (exact) mass is 405 g/mol. The van der Waals surface area contributed by atoms with E-state index in [0.29, 0.717) is 0 Å². The molecule has 0 saturated heterocycles. The Kier molecular flexibility index (Phi) is 5.25. The number of aryl methyl sites for hydroxylation is 1. The predicted molar refractivity (Wildman–Crippen MR) is 104 cm³/mol. The summed E-state index contributed by atoms with van der Waals surface area (Å²) in [5.74, 6) is 0. The highest BCUT2D eigenvalue weighted by atomic mass is 79.9. The lowest BCUT2D eigenvalue weighted by molar-refractivity contribution is 0.833. The number of thiazole rings is 1. The van der Waals surface area contributed by atoms with Gasteiger partial charge in [0.2, 0.25) is 4.80 Å². The van der Waals surface area contributed by atoms with Crippen LogP contribution in [-0.4, -0.2) is 17.4 Å². The second kappa shape index (κ2) is 7.38. The Morgan fingerprint density at radius 3 is 2.61 bits per heavy atom. The van der Waals surface area contributed by atoms with Gasteiger partial charge in [0.25, 0.3) is 0 Å². The van der Waals surface area contributed by atoms with Gasteiger partial charge in [-0.15, -0.1) is 22.7 Å². The third kappa shape index (κ3) is 3.88. The molecule has 0 unspecified atom stereocenters. The standard InChI is InChI=1S/C17H16BrN3S2/c1-3-19-17-21(20-10-15-9-4-12(2)23-15)16(11-22-17)13-5-7-14(18)8-6-13/h4-11H,3H2,1-2H3. The number of halogens is 1. The third-order valence-electron chi connectivity index (χ3n) is 3.18. The van der Waals surface area contributed by atoms with Gasteiger partial charge in [0.05, 0.1) is 11.9 Å². The first-order valence-corrected chi connectivity index (χ1v) is 9.74. The Hall–Kier alpha value is -1.50. The lowest BCUT2D eigenvalue weighted by atomic mass is 10.2. The lowest BCUT2D eigenvalue weighted by Gasteiger charge is -2.03. The Morgan fingerprint density at radius 1 is 1.17 bits per heavy atom. The molecule has 0 amide bonds. The molecule has 0 spiro atoms. The van der Waals surface area contributed by atoms with Crippen molar-refractivity contribution in [1.82, 2.24) is 4.68 Å². The molecule has 1 aromatic carbocycles. The highest BCUT2D eigenvalue weighted by Crippen LogP contribution is 2.22. The third-order valence-corrected chi connectivity index (χ3v) is 5.50. The molecule has 118 valence electrons. The summed E-state index contributed by atoms with van der Waals surface area (Å²) in [5.41, 5.74) is 2.18. The second-order valence-corrected chi connectivity index (χ2v) is 7.96. The van der Waals surface area contributed by atoms with E-state index in [1.54, 1.807) is 22.7 Å². The van der Waals surface area contributed by atoms with E-state index in [-0.39, 0.29) is 0 Å². The van der Waals surface area contributed by atoms with Crippen LogP contribution >= 0.6 is 38.6 Å². The summed E-state index contributed by atoms with van der Waals surface area (Å²) < 4.78 is 2.99. The zero-order chi connectivity index (χ0) is 16.2. The topological polar surface area (TPSA) is 29.6 Å². The number of hydrogen-bond acceptors (Lipinski definition) is 4. The van der Waals surface area contributed by atoms with Crippen LogP contribution in [0.4, 0.5) is 0 Å². The van der Waals surface area contributed by atoms with Crippen LogP contribution in [0, 0.1) is 6.92 Å². The summed E-state index contributed by atoms with van der Waals surface area (Å²) in [5, 5.41) is 6.78. The Balaban J connectivity index is 2.06. The Morgan fingerprint density at radius 2 is 1.96 bits per heavy atom. The van der Waals surface area contributed by atoms with Gasteiger partial charge < -0.3 is 0 Å². The molecule has 0 aliphatic heterocycles. The van der Waals surface area contributed by atoms with Crippen molar-refractivity contribution in [3.05, 3.63) is 60.8 Å². The fraction of sp³-hybridized carbons (Fsp3) is 0.176. The fourth-order valence-corrected chi connectivity index (χ4v) is 4.02. The number of aromatic nitrogens is 1. The molecular weight excluding hydrogens is 390 g/mol. The maximum absolute atomic E-state index is 4.67. The molecule has 2 heterocycles. The van der Waals surface area contributed by atoms with Crippen LogP contribution in [0.15, 0.2) is 56.3 Å². The van der Waals surface area contributed by atoms with E-state index in [0.717, 1.165) is 32.0 Å². The van der Waals surface area contributed by atoms with Crippen molar-refractivity contribution in [3.63, 3.8) is 0 Å². The molecule has 0 radical (unpaired) electrons. The zero-order valence-corrected chi connectivity index (χ0v) is 16.1. The smallest absolute Gasteiger partial charge is 0.206 e. The average molecular weight is 406 g/mol. The molecule has 0 aliphatic rings. The first-order chi connectivity index (χ1) is 11.2. The number of benzene rings is 1. The van der Waals surface area contributed by atoms with E-state index in [2.05, 4.69) is 62.6 Å². The summed E-state index contributed by atoms with van der Waals surface area (Å²) in [7, 11) is 0. The molecule has 0 atom stereocenters. The molecule has 0 saturated carbocycles. The van der Waals surface area contributed by atoms with E-state index in [1.165, 1.54) is 4.88 Å². The summed E-state index contributed by atoms with van der Waals surface area (Å²) in [6.07, 6.45) is 1.90. The fourth-order valence-electron chi connectivity index (χ4n) is 2.11. The highest BCUT2D eigenvalue weighted by Gasteiger charge is 2.07. The first-order valence-electron chi connectivity index (χ1n) is 7.25. The van der Waals surface area contributed by atoms with Gasteiger partial charge in [0.1, 0.15) is 0 Å². The van der Waals surface area contributed by atoms with E-state index in [9.17, 15) is 0 Å². The minimum atomic E-state index is 0.744. The second-order valence-electron chi connectivity index (χ2n) is 4.89. The van der Waals surface area contributed by atoms with E-state index in [4.69, 9.17) is 0 Å². The minimum absolute atomic E-state index is 0.744. The zero-order valence-electron chi connectivity index (χ0n) is 12.9. The van der Waals surface area contributed by atoms with Crippen molar-refractivity contribution in [2.45, 2.75) is 13.8 Å². The maximum atomic E-state index is 4.67. The summed E-state index contributed by atoms with van der Waals surface area (Å²) in [6, 6.07) is 12.5. The molecular formula is C17H16BrN3S2. The maximum Gasteiger partial charge on any atom is 0.206 e. The van der Waals surface area contributed by atoms with Crippen LogP contribution in [0.1, 0.15) is 16.7 Å². The van der Waals surface area contributed by atoms with Gasteiger partial charge in [-0.3, -0.25) is 4.99 Å². The van der Waals surface area contributed by atoms with Gasteiger partial charge >= 0.3 is 0 Å². The molecule has 3 nitrogen and oxygen atoms in total. The van der Waals surface area contributed by atoms with Gasteiger partial charge in [-0.2, -0.15) is 5.10 Å². The van der Waals surface area contributed by atoms with Gasteiger partial charge in [0.15, 0.2) is 0 Å². The molecule has 0 N–H and O–H groups in total. The minimum Gasteiger partial charge on any atom is -0.258 e. The lowest BCUT2D eigenvalue weighted by Crippen LogP contribution is -2.12. The van der Waals surface area contributed by atoms with Crippen LogP contribution in [0.25, 0.3) is 11.3 Å². The van der Waals surface area contributed by atoms with Crippen molar-refractivity contribution >= 4 is 44.8 Å². The van der Waals surface area contributed by atoms with Gasteiger partial charge in [0, 0.05) is 31.7 Å². The van der Waals surface area contributed by atoms with E-state index >= 15 is 0 Å². The van der Waals surface area contributed by atoms with Crippen molar-refractivity contribution in [2.75, 3.05) is 6.54 Å². The molecule has 3 aromatic rings. The SMILES string of the molecule is CCN=c1scc(-c2ccc(Br)cc2)n1N=Cc1ccc(C)s1. The number of rotatable bonds is 4. The number of nitrogens with zero attached hydrogens (tertiary/aromatic N) is 3. The van der Waals surface area contributed by atoms with Crippen LogP contribution in [-0.2, 0) is 0 Å². The molecule has 0 bridgehead atoms. The van der Waals surface area contributed by atoms with Crippen molar-refractivity contribution < 1.29 is 0 Å². The Labute approximate surface area is 151 Å². The van der Waals surface area contributed by atoms with E-state index < -0.39 is 0 Å².